The lowest BCUT2D eigenvalue weighted by Crippen LogP contribution is -1.99. The zero-order chi connectivity index (χ0) is 21.6. The smallest absolute Gasteiger partial charge is 0.133 e. The molecular formula is C26H24N2O2S. The molecule has 4 aromatic rings. The lowest BCUT2D eigenvalue weighted by molar-refractivity contribution is 0.199. The van der Waals surface area contributed by atoms with E-state index in [9.17, 15) is 5.11 Å². The second kappa shape index (κ2) is 9.69. The van der Waals surface area contributed by atoms with E-state index in [2.05, 4.69) is 35.3 Å². The lowest BCUT2D eigenvalue weighted by Gasteiger charge is -2.07. The topological polar surface area (TPSA) is 55.2 Å². The van der Waals surface area contributed by atoms with E-state index in [-0.39, 0.29) is 0 Å². The predicted octanol–water partition coefficient (Wildman–Crippen LogP) is 6.03. The maximum absolute atomic E-state index is 9.81. The van der Waals surface area contributed by atoms with Gasteiger partial charge < -0.3 is 9.84 Å². The van der Waals surface area contributed by atoms with Crippen molar-refractivity contribution in [2.45, 2.75) is 19.4 Å². The van der Waals surface area contributed by atoms with Gasteiger partial charge in [-0.25, -0.2) is 9.97 Å². The van der Waals surface area contributed by atoms with Gasteiger partial charge in [0.15, 0.2) is 0 Å². The van der Waals surface area contributed by atoms with Gasteiger partial charge in [-0.05, 0) is 60.0 Å². The number of nitrogens with zero attached hydrogens (tertiary/aromatic N) is 2. The van der Waals surface area contributed by atoms with Crippen LogP contribution in [0.5, 0.6) is 5.75 Å². The largest absolute Gasteiger partial charge is 0.497 e. The van der Waals surface area contributed by atoms with Gasteiger partial charge in [0.05, 0.1) is 23.8 Å². The maximum atomic E-state index is 9.81. The number of ether oxygens (including phenoxy) is 1. The number of thiophene rings is 1. The first-order chi connectivity index (χ1) is 15.1. The quantitative estimate of drug-likeness (QED) is 0.391. The molecule has 5 heteroatoms. The van der Waals surface area contributed by atoms with Gasteiger partial charge in [-0.1, -0.05) is 42.5 Å². The highest BCUT2D eigenvalue weighted by molar-refractivity contribution is 7.16. The molecule has 1 N–H and O–H groups in total. The van der Waals surface area contributed by atoms with Crippen LogP contribution in [0, 0.1) is 0 Å². The van der Waals surface area contributed by atoms with E-state index in [4.69, 9.17) is 9.72 Å². The van der Waals surface area contributed by atoms with Crippen LogP contribution in [-0.2, 0) is 6.42 Å². The van der Waals surface area contributed by atoms with Crippen molar-refractivity contribution in [3.8, 4) is 16.3 Å². The predicted molar refractivity (Wildman–Crippen MR) is 127 cm³/mol. The van der Waals surface area contributed by atoms with Gasteiger partial charge in [0, 0.05) is 17.5 Å². The summed E-state index contributed by atoms with van der Waals surface area (Å²) in [5.41, 5.74) is 4.00. The molecule has 156 valence electrons. The molecule has 2 aromatic carbocycles. The highest BCUT2D eigenvalue weighted by atomic mass is 32.1. The number of hydrogen-bond acceptors (Lipinski definition) is 5. The van der Waals surface area contributed by atoms with Crippen molar-refractivity contribution in [3.63, 3.8) is 0 Å². The van der Waals surface area contributed by atoms with Crippen molar-refractivity contribution in [1.82, 2.24) is 9.97 Å². The highest BCUT2D eigenvalue weighted by Crippen LogP contribution is 2.28. The fraction of sp³-hybridized carbons (Fsp3) is 0.154. The summed E-state index contributed by atoms with van der Waals surface area (Å²) in [5.74, 6) is 1.61. The molecule has 0 bridgehead atoms. The van der Waals surface area contributed by atoms with Gasteiger partial charge in [-0.15, -0.1) is 11.3 Å². The number of aromatic nitrogens is 2. The van der Waals surface area contributed by atoms with E-state index in [0.29, 0.717) is 6.42 Å². The zero-order valence-electron chi connectivity index (χ0n) is 17.5. The van der Waals surface area contributed by atoms with Crippen LogP contribution in [0.4, 0.5) is 0 Å². The first-order valence-electron chi connectivity index (χ1n) is 10.1. The van der Waals surface area contributed by atoms with E-state index >= 15 is 0 Å². The highest BCUT2D eigenvalue weighted by Gasteiger charge is 2.08. The van der Waals surface area contributed by atoms with Gasteiger partial charge >= 0.3 is 0 Å². The molecule has 31 heavy (non-hydrogen) atoms. The van der Waals surface area contributed by atoms with Crippen molar-refractivity contribution in [2.24, 2.45) is 0 Å². The lowest BCUT2D eigenvalue weighted by atomic mass is 10.0. The molecule has 1 unspecified atom stereocenters. The first kappa shape index (κ1) is 21.0. The van der Waals surface area contributed by atoms with Crippen LogP contribution in [0.1, 0.15) is 40.4 Å². The molecule has 4 nitrogen and oxygen atoms in total. The second-order valence-corrected chi connectivity index (χ2v) is 8.38. The fourth-order valence-corrected chi connectivity index (χ4v) is 4.15. The Morgan fingerprint density at radius 1 is 1.03 bits per heavy atom. The molecular weight excluding hydrogens is 404 g/mol. The van der Waals surface area contributed by atoms with Gasteiger partial charge in [0.1, 0.15) is 11.6 Å². The molecule has 0 aliphatic carbocycles. The summed E-state index contributed by atoms with van der Waals surface area (Å²) in [6, 6.07) is 22.1. The molecule has 0 aliphatic heterocycles. The van der Waals surface area contributed by atoms with E-state index in [0.717, 1.165) is 43.7 Å². The molecule has 0 aliphatic rings. The average Bonchev–Trinajstić information content (AvgIpc) is 3.27. The maximum Gasteiger partial charge on any atom is 0.133 e. The number of hydrogen-bond donors (Lipinski definition) is 1. The molecule has 0 spiro atoms. The Kier molecular flexibility index (Phi) is 6.55. The average molecular weight is 429 g/mol. The number of rotatable bonds is 7. The van der Waals surface area contributed by atoms with Crippen molar-refractivity contribution < 1.29 is 9.84 Å². The minimum absolute atomic E-state index is 0.484. The van der Waals surface area contributed by atoms with Crippen LogP contribution >= 0.6 is 11.3 Å². The summed E-state index contributed by atoms with van der Waals surface area (Å²) in [4.78, 5) is 11.5. The van der Waals surface area contributed by atoms with Gasteiger partial charge in [0.25, 0.3) is 0 Å². The normalized spacial score (nSPS) is 12.2. The van der Waals surface area contributed by atoms with Crippen molar-refractivity contribution in [3.05, 3.63) is 100 Å². The Morgan fingerprint density at radius 3 is 2.74 bits per heavy atom. The van der Waals surface area contributed by atoms with Gasteiger partial charge in [-0.3, -0.25) is 0 Å². The Labute approximate surface area is 186 Å². The van der Waals surface area contributed by atoms with E-state index < -0.39 is 6.10 Å². The minimum atomic E-state index is -0.484. The molecule has 0 saturated heterocycles. The molecule has 0 fully saturated rings. The van der Waals surface area contributed by atoms with Crippen LogP contribution < -0.4 is 4.74 Å². The number of aliphatic hydroxyl groups is 1. The third kappa shape index (κ3) is 5.45. The van der Waals surface area contributed by atoms with E-state index in [1.807, 2.05) is 54.7 Å². The SMILES string of the molecule is COc1cccc(/C=C/c2ccc(-c3ccnc(Cc4cccc(C(C)O)c4)n3)s2)c1. The van der Waals surface area contributed by atoms with Crippen molar-refractivity contribution in [2.75, 3.05) is 7.11 Å². The Bertz CT molecular complexity index is 1200. The summed E-state index contributed by atoms with van der Waals surface area (Å²) in [6.07, 6.45) is 6.14. The summed E-state index contributed by atoms with van der Waals surface area (Å²) >= 11 is 1.70. The zero-order valence-corrected chi connectivity index (χ0v) is 18.3. The molecule has 2 aromatic heterocycles. The first-order valence-corrected chi connectivity index (χ1v) is 10.9. The number of benzene rings is 2. The van der Waals surface area contributed by atoms with Gasteiger partial charge in [0.2, 0.25) is 0 Å². The Balaban J connectivity index is 1.50. The monoisotopic (exact) mass is 428 g/mol. The van der Waals surface area contributed by atoms with Crippen molar-refractivity contribution in [1.29, 1.82) is 0 Å². The van der Waals surface area contributed by atoms with Crippen molar-refractivity contribution >= 4 is 23.5 Å². The molecule has 0 radical (unpaired) electrons. The third-order valence-corrected chi connectivity index (χ3v) is 5.99. The Morgan fingerprint density at radius 2 is 1.90 bits per heavy atom. The van der Waals surface area contributed by atoms with Crippen LogP contribution in [-0.4, -0.2) is 22.2 Å². The second-order valence-electron chi connectivity index (χ2n) is 7.27. The van der Waals surface area contributed by atoms with E-state index in [1.54, 1.807) is 25.4 Å². The van der Waals surface area contributed by atoms with Crippen LogP contribution in [0.15, 0.2) is 72.9 Å². The fourth-order valence-electron chi connectivity index (χ4n) is 3.27. The molecule has 0 amide bonds. The van der Waals surface area contributed by atoms with Gasteiger partial charge in [-0.2, -0.15) is 0 Å². The summed E-state index contributed by atoms with van der Waals surface area (Å²) in [6.45, 7) is 1.77. The van der Waals surface area contributed by atoms with Crippen LogP contribution in [0.2, 0.25) is 0 Å². The molecule has 0 saturated carbocycles. The molecule has 4 rings (SSSR count). The summed E-state index contributed by atoms with van der Waals surface area (Å²) in [5, 5.41) is 9.81. The van der Waals surface area contributed by atoms with Crippen LogP contribution in [0.25, 0.3) is 22.7 Å². The molecule has 1 atom stereocenters. The summed E-state index contributed by atoms with van der Waals surface area (Å²) in [7, 11) is 1.67. The summed E-state index contributed by atoms with van der Waals surface area (Å²) < 4.78 is 5.28. The van der Waals surface area contributed by atoms with Crippen LogP contribution in [0.3, 0.4) is 0 Å². The number of methoxy groups -OCH3 is 1. The standard InChI is InChI=1S/C26H24N2O2S/c1-18(29)21-7-3-6-20(15-21)17-26-27-14-13-24(28-26)25-12-11-23(31-25)10-9-19-5-4-8-22(16-19)30-2/h3-16,18,29H,17H2,1-2H3/b10-9+. The minimum Gasteiger partial charge on any atom is -0.497 e. The molecule has 2 heterocycles. The number of aliphatic hydroxyl groups excluding tert-OH is 1. The Hall–Kier alpha value is -3.28. The third-order valence-electron chi connectivity index (χ3n) is 4.91. The van der Waals surface area contributed by atoms with E-state index in [1.165, 1.54) is 0 Å².